The van der Waals surface area contributed by atoms with Crippen LogP contribution in [-0.2, 0) is 11.8 Å². The van der Waals surface area contributed by atoms with Crippen LogP contribution in [0.4, 0.5) is 0 Å². The van der Waals surface area contributed by atoms with E-state index >= 15 is 0 Å². The average molecular weight is 361 g/mol. The predicted molar refractivity (Wildman–Crippen MR) is 108 cm³/mol. The molecule has 0 bridgehead atoms. The van der Waals surface area contributed by atoms with Crippen LogP contribution in [0.25, 0.3) is 11.0 Å². The lowest BCUT2D eigenvalue weighted by atomic mass is 10.0. The number of aromatic nitrogens is 2. The molecule has 4 heteroatoms. The van der Waals surface area contributed by atoms with Gasteiger partial charge >= 0.3 is 0 Å². The van der Waals surface area contributed by atoms with Crippen LogP contribution in [-0.4, -0.2) is 15.5 Å². The number of nitrogens with one attached hydrogen (secondary N) is 1. The summed E-state index contributed by atoms with van der Waals surface area (Å²) in [6, 6.07) is 18.0. The first-order valence-electron chi connectivity index (χ1n) is 9.98. The molecule has 27 heavy (non-hydrogen) atoms. The topological polar surface area (TPSA) is 46.9 Å². The van der Waals surface area contributed by atoms with Gasteiger partial charge in [0.15, 0.2) is 0 Å². The molecule has 0 aliphatic heterocycles. The van der Waals surface area contributed by atoms with Crippen molar-refractivity contribution in [1.29, 1.82) is 0 Å². The molecule has 1 saturated carbocycles. The number of hydrogen-bond donors (Lipinski definition) is 1. The highest BCUT2D eigenvalue weighted by atomic mass is 16.1. The van der Waals surface area contributed by atoms with Gasteiger partial charge < -0.3 is 9.88 Å². The fourth-order valence-corrected chi connectivity index (χ4v) is 4.23. The molecule has 1 heterocycles. The molecule has 1 aromatic heterocycles. The van der Waals surface area contributed by atoms with E-state index in [4.69, 9.17) is 4.98 Å². The van der Waals surface area contributed by atoms with Crippen molar-refractivity contribution in [2.24, 2.45) is 13.0 Å². The second kappa shape index (κ2) is 7.95. The van der Waals surface area contributed by atoms with Crippen molar-refractivity contribution in [2.45, 2.75) is 44.6 Å². The number of hydrogen-bond acceptors (Lipinski definition) is 2. The van der Waals surface area contributed by atoms with Gasteiger partial charge in [0.2, 0.25) is 5.91 Å². The summed E-state index contributed by atoms with van der Waals surface area (Å²) in [5, 5.41) is 3.25. The Labute approximate surface area is 160 Å². The van der Waals surface area contributed by atoms with Gasteiger partial charge in [0.25, 0.3) is 0 Å². The van der Waals surface area contributed by atoms with Crippen LogP contribution >= 0.6 is 0 Å². The molecule has 0 radical (unpaired) electrons. The molecule has 1 N–H and O–H groups in total. The van der Waals surface area contributed by atoms with Crippen LogP contribution in [0.15, 0.2) is 54.6 Å². The van der Waals surface area contributed by atoms with Crippen molar-refractivity contribution in [3.05, 3.63) is 66.0 Å². The maximum absolute atomic E-state index is 12.7. The highest BCUT2D eigenvalue weighted by Gasteiger charge is 2.23. The normalized spacial score (nSPS) is 15.9. The fraction of sp³-hybridized carbons (Fsp3) is 0.391. The zero-order valence-electron chi connectivity index (χ0n) is 15.9. The quantitative estimate of drug-likeness (QED) is 0.689. The van der Waals surface area contributed by atoms with Gasteiger partial charge in [0.05, 0.1) is 11.0 Å². The van der Waals surface area contributed by atoms with Crippen LogP contribution < -0.4 is 5.32 Å². The van der Waals surface area contributed by atoms with Gasteiger partial charge in [-0.15, -0.1) is 0 Å². The number of carbonyl (C=O) groups is 1. The summed E-state index contributed by atoms with van der Waals surface area (Å²) in [5.41, 5.74) is 3.09. The third-order valence-electron chi connectivity index (χ3n) is 5.77. The molecule has 1 unspecified atom stereocenters. The lowest BCUT2D eigenvalue weighted by Gasteiger charge is -2.20. The number of aryl methyl sites for hydroxylation is 1. The molecular weight excluding hydrogens is 334 g/mol. The minimum atomic E-state index is -0.236. The third-order valence-corrected chi connectivity index (χ3v) is 5.77. The molecule has 0 spiro atoms. The first-order chi connectivity index (χ1) is 13.2. The maximum Gasteiger partial charge on any atom is 0.220 e. The molecule has 1 amide bonds. The largest absolute Gasteiger partial charge is 0.342 e. The number of amides is 1. The lowest BCUT2D eigenvalue weighted by molar-refractivity contribution is -0.121. The summed E-state index contributed by atoms with van der Waals surface area (Å²) in [7, 11) is 2.02. The summed E-state index contributed by atoms with van der Waals surface area (Å²) in [6.07, 6.45) is 6.78. The monoisotopic (exact) mass is 361 g/mol. The van der Waals surface area contributed by atoms with Gasteiger partial charge in [-0.1, -0.05) is 68.1 Å². The maximum atomic E-state index is 12.7. The van der Waals surface area contributed by atoms with Gasteiger partial charge in [-0.25, -0.2) is 4.98 Å². The third kappa shape index (κ3) is 3.90. The Balaban J connectivity index is 1.59. The Bertz CT molecular complexity index is 910. The van der Waals surface area contributed by atoms with Crippen LogP contribution in [0, 0.1) is 5.92 Å². The van der Waals surface area contributed by atoms with E-state index in [1.165, 1.54) is 25.7 Å². The number of para-hydroxylation sites is 2. The molecule has 1 aliphatic carbocycles. The second-order valence-corrected chi connectivity index (χ2v) is 7.62. The number of benzene rings is 2. The summed E-state index contributed by atoms with van der Waals surface area (Å²) < 4.78 is 2.09. The standard InChI is InChI=1S/C23H27N3O/c1-26-20-14-8-7-13-19(20)24-23(26)22(18-11-3-2-4-12-18)25-21(27)16-15-17-9-5-6-10-17/h2-4,7-8,11-14,17,22H,5-6,9-10,15-16H2,1H3,(H,25,27). The Morgan fingerprint density at radius 2 is 1.81 bits per heavy atom. The first-order valence-corrected chi connectivity index (χ1v) is 9.98. The smallest absolute Gasteiger partial charge is 0.220 e. The SMILES string of the molecule is Cn1c(C(NC(=O)CCC2CCCC2)c2ccccc2)nc2ccccc21. The Hall–Kier alpha value is -2.62. The van der Waals surface area contributed by atoms with E-state index in [0.717, 1.165) is 34.8 Å². The van der Waals surface area contributed by atoms with Crippen molar-refractivity contribution in [1.82, 2.24) is 14.9 Å². The Morgan fingerprint density at radius 3 is 2.56 bits per heavy atom. The van der Waals surface area contributed by atoms with Crippen molar-refractivity contribution in [2.75, 3.05) is 0 Å². The summed E-state index contributed by atoms with van der Waals surface area (Å²) in [5.74, 6) is 1.71. The molecule has 1 fully saturated rings. The van der Waals surface area contributed by atoms with E-state index in [2.05, 4.69) is 28.1 Å². The van der Waals surface area contributed by atoms with E-state index in [9.17, 15) is 4.79 Å². The van der Waals surface area contributed by atoms with Crippen molar-refractivity contribution in [3.63, 3.8) is 0 Å². The van der Waals surface area contributed by atoms with E-state index in [-0.39, 0.29) is 11.9 Å². The average Bonchev–Trinajstić information content (AvgIpc) is 3.34. The van der Waals surface area contributed by atoms with Crippen LogP contribution in [0.2, 0.25) is 0 Å². The molecular formula is C23H27N3O. The number of imidazole rings is 1. The van der Waals surface area contributed by atoms with E-state index in [0.29, 0.717) is 6.42 Å². The molecule has 1 atom stereocenters. The lowest BCUT2D eigenvalue weighted by Crippen LogP contribution is -2.31. The molecule has 3 aromatic rings. The van der Waals surface area contributed by atoms with Gasteiger partial charge in [-0.05, 0) is 30.0 Å². The molecule has 1 aliphatic rings. The number of rotatable bonds is 6. The van der Waals surface area contributed by atoms with Gasteiger partial charge in [0.1, 0.15) is 11.9 Å². The van der Waals surface area contributed by atoms with Crippen molar-refractivity contribution in [3.8, 4) is 0 Å². The number of nitrogens with zero attached hydrogens (tertiary/aromatic N) is 2. The molecule has 2 aromatic carbocycles. The summed E-state index contributed by atoms with van der Waals surface area (Å²) in [4.78, 5) is 17.6. The summed E-state index contributed by atoms with van der Waals surface area (Å²) in [6.45, 7) is 0. The minimum Gasteiger partial charge on any atom is -0.342 e. The Morgan fingerprint density at radius 1 is 1.11 bits per heavy atom. The molecule has 0 saturated heterocycles. The van der Waals surface area contributed by atoms with Crippen LogP contribution in [0.3, 0.4) is 0 Å². The summed E-state index contributed by atoms with van der Waals surface area (Å²) >= 11 is 0. The van der Waals surface area contributed by atoms with Crippen molar-refractivity contribution < 1.29 is 4.79 Å². The van der Waals surface area contributed by atoms with Crippen molar-refractivity contribution >= 4 is 16.9 Å². The molecule has 140 valence electrons. The minimum absolute atomic E-state index is 0.114. The fourth-order valence-electron chi connectivity index (χ4n) is 4.23. The second-order valence-electron chi connectivity index (χ2n) is 7.62. The van der Waals surface area contributed by atoms with Crippen LogP contribution in [0.1, 0.15) is 56.0 Å². The van der Waals surface area contributed by atoms with E-state index in [1.807, 2.05) is 43.4 Å². The zero-order chi connectivity index (χ0) is 18.6. The first kappa shape index (κ1) is 17.8. The zero-order valence-corrected chi connectivity index (χ0v) is 15.9. The predicted octanol–water partition coefficient (Wildman–Crippen LogP) is 4.75. The Kier molecular flexibility index (Phi) is 5.23. The van der Waals surface area contributed by atoms with E-state index in [1.54, 1.807) is 0 Å². The molecule has 4 rings (SSSR count). The van der Waals surface area contributed by atoms with Crippen LogP contribution in [0.5, 0.6) is 0 Å². The van der Waals surface area contributed by atoms with Gasteiger partial charge in [-0.3, -0.25) is 4.79 Å². The van der Waals surface area contributed by atoms with Gasteiger partial charge in [-0.2, -0.15) is 0 Å². The highest BCUT2D eigenvalue weighted by Crippen LogP contribution is 2.29. The van der Waals surface area contributed by atoms with E-state index < -0.39 is 0 Å². The van der Waals surface area contributed by atoms with Gasteiger partial charge in [0, 0.05) is 13.5 Å². The highest BCUT2D eigenvalue weighted by molar-refractivity contribution is 5.78. The number of fused-ring (bicyclic) bond motifs is 1. The number of carbonyl (C=O) groups excluding carboxylic acids is 1. The molecule has 4 nitrogen and oxygen atoms in total.